The Morgan fingerprint density at radius 2 is 2.06 bits per heavy atom. The van der Waals surface area contributed by atoms with E-state index in [9.17, 15) is 22.8 Å². The predicted octanol–water partition coefficient (Wildman–Crippen LogP) is 4.31. The van der Waals surface area contributed by atoms with Crippen LogP contribution in [0.15, 0.2) is 46.3 Å². The van der Waals surface area contributed by atoms with Gasteiger partial charge in [-0.2, -0.15) is 18.2 Å². The number of alkyl halides is 3. The van der Waals surface area contributed by atoms with Crippen molar-refractivity contribution in [1.29, 1.82) is 5.41 Å². The Morgan fingerprint density at radius 1 is 1.31 bits per heavy atom. The van der Waals surface area contributed by atoms with Crippen LogP contribution in [-0.2, 0) is 22.3 Å². The van der Waals surface area contributed by atoms with Gasteiger partial charge in [-0.05, 0) is 53.2 Å². The molecule has 0 saturated carbocycles. The number of carboxylic acids is 1. The van der Waals surface area contributed by atoms with Gasteiger partial charge in [-0.15, -0.1) is 0 Å². The standard InChI is InChI=1S/C24H21F3N4O4S/c1-35-17-4-3-14(18(8-17)24(25,26)27)10-29-19-5-2-13(6-15(19)9-28)7-20-21(32)30-23(36-20)31-11-16(12-31)22(33)34/h2-9,16,28-29H,10-12H2,1H3,(H,33,34)/b20-7-,28-9?. The summed E-state index contributed by atoms with van der Waals surface area (Å²) in [5.41, 5.74) is 0.711. The second kappa shape index (κ2) is 10.1. The van der Waals surface area contributed by atoms with Crippen LogP contribution in [-0.4, -0.2) is 53.5 Å². The number of carbonyl (C=O) groups is 2. The van der Waals surface area contributed by atoms with Gasteiger partial charge >= 0.3 is 12.1 Å². The van der Waals surface area contributed by atoms with Crippen LogP contribution in [0.3, 0.4) is 0 Å². The summed E-state index contributed by atoms with van der Waals surface area (Å²) in [6, 6.07) is 8.68. The number of anilines is 1. The highest BCUT2D eigenvalue weighted by molar-refractivity contribution is 8.18. The fourth-order valence-corrected chi connectivity index (χ4v) is 4.65. The average Bonchev–Trinajstić information content (AvgIpc) is 3.15. The van der Waals surface area contributed by atoms with E-state index in [1.54, 1.807) is 29.2 Å². The van der Waals surface area contributed by atoms with E-state index in [1.165, 1.54) is 19.2 Å². The summed E-state index contributed by atoms with van der Waals surface area (Å²) in [5, 5.41) is 20.1. The SMILES string of the molecule is COc1ccc(CNc2ccc(/C=C3\SC(N4CC(C(=O)O)C4)=NC3=O)cc2C=N)c(C(F)(F)F)c1. The van der Waals surface area contributed by atoms with Gasteiger partial charge in [-0.1, -0.05) is 12.1 Å². The number of carboxylic acid groups (broad SMARTS) is 1. The molecule has 188 valence electrons. The first-order valence-electron chi connectivity index (χ1n) is 10.7. The zero-order valence-corrected chi connectivity index (χ0v) is 19.7. The summed E-state index contributed by atoms with van der Waals surface area (Å²) in [4.78, 5) is 29.4. The summed E-state index contributed by atoms with van der Waals surface area (Å²) in [7, 11) is 1.30. The Morgan fingerprint density at radius 3 is 2.69 bits per heavy atom. The van der Waals surface area contributed by atoms with Gasteiger partial charge in [0.15, 0.2) is 5.17 Å². The normalized spacial score (nSPS) is 17.1. The number of nitrogens with zero attached hydrogens (tertiary/aromatic N) is 2. The van der Waals surface area contributed by atoms with E-state index >= 15 is 0 Å². The number of halogens is 3. The maximum absolute atomic E-state index is 13.5. The molecule has 36 heavy (non-hydrogen) atoms. The minimum atomic E-state index is -4.55. The second-order valence-electron chi connectivity index (χ2n) is 8.12. The third-order valence-corrected chi connectivity index (χ3v) is 6.78. The zero-order valence-electron chi connectivity index (χ0n) is 18.9. The molecule has 3 N–H and O–H groups in total. The molecule has 12 heteroatoms. The lowest BCUT2D eigenvalue weighted by atomic mass is 10.0. The fourth-order valence-electron chi connectivity index (χ4n) is 3.72. The van der Waals surface area contributed by atoms with Crippen molar-refractivity contribution in [3.8, 4) is 5.75 Å². The molecule has 1 saturated heterocycles. The topological polar surface area (TPSA) is 115 Å². The van der Waals surface area contributed by atoms with Crippen LogP contribution in [0.1, 0.15) is 22.3 Å². The Hall–Kier alpha value is -3.80. The molecule has 1 fully saturated rings. The van der Waals surface area contributed by atoms with Crippen LogP contribution in [0.4, 0.5) is 18.9 Å². The van der Waals surface area contributed by atoms with Gasteiger partial charge in [-0.3, -0.25) is 9.59 Å². The van der Waals surface area contributed by atoms with Gasteiger partial charge in [0.25, 0.3) is 5.91 Å². The third-order valence-electron chi connectivity index (χ3n) is 5.73. The molecule has 0 bridgehead atoms. The molecule has 0 unspecified atom stereocenters. The molecule has 2 aliphatic heterocycles. The number of methoxy groups -OCH3 is 1. The first-order chi connectivity index (χ1) is 17.1. The lowest BCUT2D eigenvalue weighted by Gasteiger charge is -2.37. The average molecular weight is 519 g/mol. The van der Waals surface area contributed by atoms with Gasteiger partial charge in [0, 0.05) is 37.1 Å². The fraction of sp³-hybridized carbons (Fsp3) is 0.250. The number of hydrogen-bond acceptors (Lipinski definition) is 7. The maximum atomic E-state index is 13.5. The summed E-state index contributed by atoms with van der Waals surface area (Å²) >= 11 is 1.15. The highest BCUT2D eigenvalue weighted by Gasteiger charge is 2.38. The lowest BCUT2D eigenvalue weighted by molar-refractivity contribution is -0.145. The summed E-state index contributed by atoms with van der Waals surface area (Å²) < 4.78 is 45.3. The lowest BCUT2D eigenvalue weighted by Crippen LogP contribution is -2.51. The van der Waals surface area contributed by atoms with E-state index in [4.69, 9.17) is 15.3 Å². The summed E-state index contributed by atoms with van der Waals surface area (Å²) in [6.07, 6.45) is -1.87. The largest absolute Gasteiger partial charge is 0.497 e. The van der Waals surface area contributed by atoms with Crippen LogP contribution in [0.5, 0.6) is 5.75 Å². The van der Waals surface area contributed by atoms with Crippen molar-refractivity contribution < 1.29 is 32.6 Å². The van der Waals surface area contributed by atoms with E-state index in [-0.39, 0.29) is 17.9 Å². The predicted molar refractivity (Wildman–Crippen MR) is 130 cm³/mol. The highest BCUT2D eigenvalue weighted by Crippen LogP contribution is 2.36. The molecule has 0 aliphatic carbocycles. The van der Waals surface area contributed by atoms with E-state index in [1.807, 2.05) is 0 Å². The highest BCUT2D eigenvalue weighted by atomic mass is 32.2. The van der Waals surface area contributed by atoms with E-state index < -0.39 is 29.5 Å². The molecule has 1 amide bonds. The van der Waals surface area contributed by atoms with Gasteiger partial charge in [0.1, 0.15) is 5.75 Å². The van der Waals surface area contributed by atoms with Crippen LogP contribution in [0.25, 0.3) is 6.08 Å². The molecule has 0 atom stereocenters. The first kappa shape index (κ1) is 25.3. The van der Waals surface area contributed by atoms with Crippen molar-refractivity contribution >= 4 is 46.8 Å². The molecule has 2 aromatic rings. The second-order valence-corrected chi connectivity index (χ2v) is 9.12. The first-order valence-corrected chi connectivity index (χ1v) is 11.5. The molecule has 2 aromatic carbocycles. The number of carbonyl (C=O) groups excluding carboxylic acids is 1. The van der Waals surface area contributed by atoms with Crippen LogP contribution >= 0.6 is 11.8 Å². The number of nitrogens with one attached hydrogen (secondary N) is 2. The number of ether oxygens (including phenoxy) is 1. The van der Waals surface area contributed by atoms with Crippen molar-refractivity contribution in [3.63, 3.8) is 0 Å². The molecule has 0 spiro atoms. The molecular formula is C24H21F3N4O4S. The minimum Gasteiger partial charge on any atom is -0.497 e. The molecule has 4 rings (SSSR count). The summed E-state index contributed by atoms with van der Waals surface area (Å²) in [5.74, 6) is -1.69. The maximum Gasteiger partial charge on any atom is 0.416 e. The van der Waals surface area contributed by atoms with Gasteiger partial charge in [0.2, 0.25) is 0 Å². The molecule has 8 nitrogen and oxygen atoms in total. The van der Waals surface area contributed by atoms with Crippen LogP contribution < -0.4 is 10.1 Å². The molecule has 2 aliphatic rings. The number of aliphatic imine (C=N–C) groups is 1. The third kappa shape index (κ3) is 5.38. The van der Waals surface area contributed by atoms with Crippen LogP contribution in [0.2, 0.25) is 0 Å². The van der Waals surface area contributed by atoms with E-state index in [2.05, 4.69) is 10.3 Å². The Bertz CT molecular complexity index is 1290. The zero-order chi connectivity index (χ0) is 26.0. The van der Waals surface area contributed by atoms with Crippen molar-refractivity contribution in [2.45, 2.75) is 12.7 Å². The van der Waals surface area contributed by atoms with E-state index in [0.29, 0.717) is 40.0 Å². The van der Waals surface area contributed by atoms with Gasteiger partial charge in [0.05, 0.1) is 23.5 Å². The van der Waals surface area contributed by atoms with Crippen molar-refractivity contribution in [3.05, 3.63) is 63.6 Å². The number of amides is 1. The van der Waals surface area contributed by atoms with Crippen molar-refractivity contribution in [1.82, 2.24) is 4.90 Å². The Labute approximate surface area is 208 Å². The van der Waals surface area contributed by atoms with Crippen LogP contribution in [0, 0.1) is 11.3 Å². The van der Waals surface area contributed by atoms with Crippen molar-refractivity contribution in [2.24, 2.45) is 10.9 Å². The number of likely N-dealkylation sites (tertiary alicyclic amines) is 1. The molecule has 0 radical (unpaired) electrons. The number of rotatable bonds is 7. The summed E-state index contributed by atoms with van der Waals surface area (Å²) in [6.45, 7) is 0.466. The quantitative estimate of drug-likeness (QED) is 0.370. The molecular weight excluding hydrogens is 497 g/mol. The van der Waals surface area contributed by atoms with E-state index in [0.717, 1.165) is 24.0 Å². The Balaban J connectivity index is 1.46. The van der Waals surface area contributed by atoms with Crippen molar-refractivity contribution in [2.75, 3.05) is 25.5 Å². The number of benzene rings is 2. The number of thioether (sulfide) groups is 1. The number of hydrogen-bond donors (Lipinski definition) is 3. The number of amidine groups is 1. The Kier molecular flexibility index (Phi) is 7.07. The number of aliphatic carboxylic acids is 1. The minimum absolute atomic E-state index is 0.0270. The monoisotopic (exact) mass is 518 g/mol. The van der Waals surface area contributed by atoms with Gasteiger partial charge in [-0.25, -0.2) is 0 Å². The molecule has 0 aromatic heterocycles. The molecule has 2 heterocycles. The van der Waals surface area contributed by atoms with Gasteiger partial charge < -0.3 is 25.5 Å². The smallest absolute Gasteiger partial charge is 0.416 e.